The number of anilines is 1. The van der Waals surface area contributed by atoms with Crippen molar-refractivity contribution in [3.8, 4) is 0 Å². The van der Waals surface area contributed by atoms with Gasteiger partial charge in [-0.25, -0.2) is 8.42 Å². The summed E-state index contributed by atoms with van der Waals surface area (Å²) in [5.41, 5.74) is 1.60. The Morgan fingerprint density at radius 2 is 1.59 bits per heavy atom. The molecule has 2 unspecified atom stereocenters. The molecule has 32 heavy (non-hydrogen) atoms. The molecule has 1 N–H and O–H groups in total. The van der Waals surface area contributed by atoms with Crippen molar-refractivity contribution >= 4 is 21.6 Å². The van der Waals surface area contributed by atoms with Crippen LogP contribution in [0, 0.1) is 11.8 Å². The molecular formula is C25H33N3O3S. The Morgan fingerprint density at radius 1 is 0.938 bits per heavy atom. The zero-order valence-corrected chi connectivity index (χ0v) is 19.7. The van der Waals surface area contributed by atoms with Gasteiger partial charge in [0.15, 0.2) is 0 Å². The predicted octanol–water partition coefficient (Wildman–Crippen LogP) is 3.75. The van der Waals surface area contributed by atoms with E-state index in [2.05, 4.69) is 36.2 Å². The molecule has 2 aromatic carbocycles. The molecule has 0 radical (unpaired) electrons. The summed E-state index contributed by atoms with van der Waals surface area (Å²) in [4.78, 5) is 15.4. The van der Waals surface area contributed by atoms with Crippen LogP contribution < -0.4 is 10.2 Å². The van der Waals surface area contributed by atoms with Gasteiger partial charge in [-0.05, 0) is 61.4 Å². The van der Waals surface area contributed by atoms with E-state index >= 15 is 0 Å². The summed E-state index contributed by atoms with van der Waals surface area (Å²) < 4.78 is 28.0. The number of piperidine rings is 2. The van der Waals surface area contributed by atoms with Gasteiger partial charge in [-0.2, -0.15) is 4.31 Å². The summed E-state index contributed by atoms with van der Waals surface area (Å²) in [6.45, 7) is 7.01. The highest BCUT2D eigenvalue weighted by atomic mass is 32.2. The maximum Gasteiger partial charge on any atom is 0.251 e. The van der Waals surface area contributed by atoms with E-state index in [1.165, 1.54) is 11.8 Å². The van der Waals surface area contributed by atoms with Gasteiger partial charge in [0, 0.05) is 43.5 Å². The first-order valence-corrected chi connectivity index (χ1v) is 13.0. The number of sulfonamides is 1. The average Bonchev–Trinajstić information content (AvgIpc) is 2.79. The fourth-order valence-electron chi connectivity index (χ4n) is 4.94. The number of para-hydroxylation sites is 1. The standard InChI is InChI=1S/C25H33N3O3S/c1-19-15-20(2)18-28(17-19)32(30,31)24-10-6-7-21(16-24)25(29)26-22-11-13-27(14-12-22)23-8-4-3-5-9-23/h3-10,16,19-20,22H,11-15,17-18H2,1-2H3,(H,26,29). The van der Waals surface area contributed by atoms with E-state index in [0.29, 0.717) is 30.5 Å². The Bertz CT molecular complexity index is 1020. The Hall–Kier alpha value is -2.38. The molecule has 4 rings (SSSR count). The van der Waals surface area contributed by atoms with E-state index in [0.717, 1.165) is 32.4 Å². The molecule has 0 aromatic heterocycles. The lowest BCUT2D eigenvalue weighted by Gasteiger charge is -2.34. The largest absolute Gasteiger partial charge is 0.371 e. The van der Waals surface area contributed by atoms with Crippen LogP contribution in [0.15, 0.2) is 59.5 Å². The van der Waals surface area contributed by atoms with Crippen molar-refractivity contribution in [1.29, 1.82) is 0 Å². The smallest absolute Gasteiger partial charge is 0.251 e. The molecule has 0 saturated carbocycles. The number of amides is 1. The molecule has 2 atom stereocenters. The molecule has 2 fully saturated rings. The van der Waals surface area contributed by atoms with Crippen LogP contribution in [0.5, 0.6) is 0 Å². The van der Waals surface area contributed by atoms with Gasteiger partial charge in [0.25, 0.3) is 5.91 Å². The second kappa shape index (κ2) is 9.63. The molecule has 2 aliphatic rings. The van der Waals surface area contributed by atoms with Crippen molar-refractivity contribution in [2.45, 2.75) is 44.0 Å². The lowest BCUT2D eigenvalue weighted by molar-refractivity contribution is 0.0931. The number of nitrogens with one attached hydrogen (secondary N) is 1. The van der Waals surface area contributed by atoms with Gasteiger partial charge in [-0.15, -0.1) is 0 Å². The van der Waals surface area contributed by atoms with Crippen LogP contribution in [0.1, 0.15) is 43.5 Å². The van der Waals surface area contributed by atoms with Gasteiger partial charge in [-0.3, -0.25) is 4.79 Å². The molecule has 2 aromatic rings. The highest BCUT2D eigenvalue weighted by Crippen LogP contribution is 2.27. The van der Waals surface area contributed by atoms with Crippen molar-refractivity contribution in [1.82, 2.24) is 9.62 Å². The molecule has 1 amide bonds. The molecular weight excluding hydrogens is 422 g/mol. The van der Waals surface area contributed by atoms with Gasteiger partial charge >= 0.3 is 0 Å². The van der Waals surface area contributed by atoms with E-state index < -0.39 is 10.0 Å². The molecule has 172 valence electrons. The summed E-state index contributed by atoms with van der Waals surface area (Å²) in [5.74, 6) is 0.462. The summed E-state index contributed by atoms with van der Waals surface area (Å²) in [6, 6.07) is 16.9. The molecule has 6 nitrogen and oxygen atoms in total. The number of rotatable bonds is 5. The van der Waals surface area contributed by atoms with Gasteiger partial charge in [-0.1, -0.05) is 38.1 Å². The van der Waals surface area contributed by atoms with E-state index in [1.54, 1.807) is 22.5 Å². The second-order valence-electron chi connectivity index (χ2n) is 9.37. The van der Waals surface area contributed by atoms with E-state index in [9.17, 15) is 13.2 Å². The lowest BCUT2D eigenvalue weighted by Crippen LogP contribution is -2.44. The average molecular weight is 456 g/mol. The van der Waals surface area contributed by atoms with Crippen molar-refractivity contribution < 1.29 is 13.2 Å². The Kier molecular flexibility index (Phi) is 6.86. The quantitative estimate of drug-likeness (QED) is 0.746. The maximum absolute atomic E-state index is 13.2. The summed E-state index contributed by atoms with van der Waals surface area (Å²) in [5, 5.41) is 3.11. The van der Waals surface area contributed by atoms with Crippen LogP contribution in [0.2, 0.25) is 0 Å². The number of hydrogen-bond acceptors (Lipinski definition) is 4. The van der Waals surface area contributed by atoms with Crippen LogP contribution in [-0.2, 0) is 10.0 Å². The number of carbonyl (C=O) groups is 1. The fourth-order valence-corrected chi connectivity index (χ4v) is 6.66. The zero-order chi connectivity index (χ0) is 22.7. The van der Waals surface area contributed by atoms with E-state index in [4.69, 9.17) is 0 Å². The van der Waals surface area contributed by atoms with E-state index in [-0.39, 0.29) is 16.8 Å². The summed E-state index contributed by atoms with van der Waals surface area (Å²) in [6.07, 6.45) is 2.77. The zero-order valence-electron chi connectivity index (χ0n) is 18.9. The van der Waals surface area contributed by atoms with Crippen LogP contribution in [0.3, 0.4) is 0 Å². The second-order valence-corrected chi connectivity index (χ2v) is 11.3. The predicted molar refractivity (Wildman–Crippen MR) is 127 cm³/mol. The topological polar surface area (TPSA) is 69.7 Å². The Morgan fingerprint density at radius 3 is 2.25 bits per heavy atom. The van der Waals surface area contributed by atoms with Gasteiger partial charge in [0.2, 0.25) is 10.0 Å². The highest BCUT2D eigenvalue weighted by molar-refractivity contribution is 7.89. The first kappa shape index (κ1) is 22.8. The minimum absolute atomic E-state index is 0.0894. The third-order valence-corrected chi connectivity index (χ3v) is 8.35. The minimum atomic E-state index is -3.61. The van der Waals surface area contributed by atoms with Crippen molar-refractivity contribution in [2.24, 2.45) is 11.8 Å². The Labute approximate surface area is 191 Å². The first-order chi connectivity index (χ1) is 15.3. The van der Waals surface area contributed by atoms with Crippen molar-refractivity contribution in [3.63, 3.8) is 0 Å². The number of hydrogen-bond donors (Lipinski definition) is 1. The molecule has 7 heteroatoms. The third-order valence-electron chi connectivity index (χ3n) is 6.52. The van der Waals surface area contributed by atoms with E-state index in [1.807, 2.05) is 18.2 Å². The highest BCUT2D eigenvalue weighted by Gasteiger charge is 2.32. The van der Waals surface area contributed by atoms with Crippen molar-refractivity contribution in [2.75, 3.05) is 31.1 Å². The molecule has 0 spiro atoms. The summed E-state index contributed by atoms with van der Waals surface area (Å²) >= 11 is 0. The van der Waals surface area contributed by atoms with Crippen LogP contribution in [0.25, 0.3) is 0 Å². The Balaban J connectivity index is 1.39. The number of nitrogens with zero attached hydrogens (tertiary/aromatic N) is 2. The molecule has 2 heterocycles. The van der Waals surface area contributed by atoms with Crippen molar-refractivity contribution in [3.05, 3.63) is 60.2 Å². The SMILES string of the molecule is CC1CC(C)CN(S(=O)(=O)c2cccc(C(=O)NC3CCN(c4ccccc4)CC3)c2)C1. The van der Waals surface area contributed by atoms with Gasteiger partial charge in [0.1, 0.15) is 0 Å². The fraction of sp³-hybridized carbons (Fsp3) is 0.480. The third kappa shape index (κ3) is 5.15. The monoisotopic (exact) mass is 455 g/mol. The van der Waals surface area contributed by atoms with Crippen LogP contribution >= 0.6 is 0 Å². The maximum atomic E-state index is 13.2. The normalized spacial score (nSPS) is 23.1. The molecule has 0 bridgehead atoms. The van der Waals surface area contributed by atoms with Gasteiger partial charge < -0.3 is 10.2 Å². The van der Waals surface area contributed by atoms with Crippen LogP contribution in [0.4, 0.5) is 5.69 Å². The summed E-state index contributed by atoms with van der Waals surface area (Å²) in [7, 11) is -3.61. The lowest BCUT2D eigenvalue weighted by atomic mass is 9.94. The minimum Gasteiger partial charge on any atom is -0.371 e. The number of benzene rings is 2. The molecule has 2 saturated heterocycles. The number of carbonyl (C=O) groups excluding carboxylic acids is 1. The van der Waals surface area contributed by atoms with Gasteiger partial charge in [0.05, 0.1) is 4.90 Å². The molecule has 2 aliphatic heterocycles. The molecule has 0 aliphatic carbocycles. The van der Waals surface area contributed by atoms with Crippen LogP contribution in [-0.4, -0.2) is 50.9 Å². The first-order valence-electron chi connectivity index (χ1n) is 11.5.